The summed E-state index contributed by atoms with van der Waals surface area (Å²) in [6.45, 7) is 11.5. The molecule has 2 rings (SSSR count). The van der Waals surface area contributed by atoms with Gasteiger partial charge < -0.3 is 15.0 Å². The molecule has 0 aliphatic carbocycles. The van der Waals surface area contributed by atoms with Gasteiger partial charge in [-0.2, -0.15) is 0 Å². The van der Waals surface area contributed by atoms with E-state index in [2.05, 4.69) is 62.2 Å². The zero-order valence-electron chi connectivity index (χ0n) is 16.5. The number of carbonyl (C=O) groups is 1. The van der Waals surface area contributed by atoms with Crippen molar-refractivity contribution in [2.24, 2.45) is 16.8 Å². The molecule has 1 saturated heterocycles. The minimum Gasteiger partial charge on any atom is -0.469 e. The first-order chi connectivity index (χ1) is 12.0. The van der Waals surface area contributed by atoms with Gasteiger partial charge in [0.05, 0.1) is 13.0 Å². The number of hydrogen-bond donors (Lipinski definition) is 1. The Balaban J connectivity index is 0.00000338. The second-order valence-electron chi connectivity index (χ2n) is 7.02. The summed E-state index contributed by atoms with van der Waals surface area (Å²) in [6, 6.07) is 8.63. The molecule has 1 aromatic carbocycles. The van der Waals surface area contributed by atoms with Crippen LogP contribution in [0.3, 0.4) is 0 Å². The fourth-order valence-electron chi connectivity index (χ4n) is 3.25. The van der Waals surface area contributed by atoms with Crippen molar-refractivity contribution in [3.63, 3.8) is 0 Å². The third-order valence-corrected chi connectivity index (χ3v) is 4.91. The number of nitrogens with one attached hydrogen (secondary N) is 1. The van der Waals surface area contributed by atoms with Gasteiger partial charge in [-0.1, -0.05) is 43.7 Å². The molecule has 0 bridgehead atoms. The maximum absolute atomic E-state index is 11.9. The maximum Gasteiger partial charge on any atom is 0.310 e. The SMILES string of the molecule is CCNC(=NCC(C)c1ccc(C)cc1)N1CC(C)C(C(=O)OC)C1.I. The van der Waals surface area contributed by atoms with Crippen molar-refractivity contribution in [3.05, 3.63) is 35.4 Å². The standard InChI is InChI=1S/C20H31N3O2.HI/c1-6-21-20(23-12-16(4)18(13-23)19(24)25-5)22-11-15(3)17-9-7-14(2)8-10-17;/h7-10,15-16,18H,6,11-13H2,1-5H3,(H,21,22);1H. The zero-order chi connectivity index (χ0) is 18.4. The zero-order valence-corrected chi connectivity index (χ0v) is 18.8. The number of hydrogen-bond acceptors (Lipinski definition) is 3. The van der Waals surface area contributed by atoms with Crippen LogP contribution < -0.4 is 5.32 Å². The molecule has 5 nitrogen and oxygen atoms in total. The number of ether oxygens (including phenoxy) is 1. The molecule has 1 aliphatic rings. The van der Waals surface area contributed by atoms with E-state index in [1.807, 2.05) is 0 Å². The molecule has 0 spiro atoms. The molecular formula is C20H32IN3O2. The van der Waals surface area contributed by atoms with E-state index in [4.69, 9.17) is 9.73 Å². The van der Waals surface area contributed by atoms with E-state index in [0.717, 1.165) is 25.6 Å². The number of esters is 1. The van der Waals surface area contributed by atoms with Crippen LogP contribution in [0.4, 0.5) is 0 Å². The van der Waals surface area contributed by atoms with Gasteiger partial charge in [-0.25, -0.2) is 0 Å². The Morgan fingerprint density at radius 1 is 1.35 bits per heavy atom. The van der Waals surface area contributed by atoms with Crippen molar-refractivity contribution in [1.82, 2.24) is 10.2 Å². The number of guanidine groups is 1. The number of aliphatic imine (C=N–C) groups is 1. The van der Waals surface area contributed by atoms with Crippen molar-refractivity contribution in [1.29, 1.82) is 0 Å². The number of carbonyl (C=O) groups excluding carboxylic acids is 1. The van der Waals surface area contributed by atoms with Gasteiger partial charge in [0.1, 0.15) is 0 Å². The van der Waals surface area contributed by atoms with Gasteiger partial charge >= 0.3 is 5.97 Å². The summed E-state index contributed by atoms with van der Waals surface area (Å²) < 4.78 is 4.93. The van der Waals surface area contributed by atoms with Gasteiger partial charge in [-0.05, 0) is 25.3 Å². The summed E-state index contributed by atoms with van der Waals surface area (Å²) in [4.78, 5) is 18.9. The smallest absolute Gasteiger partial charge is 0.310 e. The number of nitrogens with zero attached hydrogens (tertiary/aromatic N) is 2. The van der Waals surface area contributed by atoms with Crippen molar-refractivity contribution in [2.75, 3.05) is 33.3 Å². The van der Waals surface area contributed by atoms with Gasteiger partial charge in [0.2, 0.25) is 0 Å². The first kappa shape index (κ1) is 22.7. The van der Waals surface area contributed by atoms with Crippen LogP contribution in [0.25, 0.3) is 0 Å². The molecule has 0 amide bonds. The average molecular weight is 473 g/mol. The molecule has 3 unspecified atom stereocenters. The summed E-state index contributed by atoms with van der Waals surface area (Å²) >= 11 is 0. The van der Waals surface area contributed by atoms with Crippen LogP contribution in [0.1, 0.15) is 37.8 Å². The van der Waals surface area contributed by atoms with E-state index < -0.39 is 0 Å². The molecule has 6 heteroatoms. The van der Waals surface area contributed by atoms with Gasteiger partial charge in [0, 0.05) is 32.1 Å². The van der Waals surface area contributed by atoms with Crippen molar-refractivity contribution in [3.8, 4) is 0 Å². The van der Waals surface area contributed by atoms with E-state index in [1.54, 1.807) is 0 Å². The predicted molar refractivity (Wildman–Crippen MR) is 117 cm³/mol. The first-order valence-electron chi connectivity index (χ1n) is 9.13. The van der Waals surface area contributed by atoms with Crippen LogP contribution in [0, 0.1) is 18.8 Å². The van der Waals surface area contributed by atoms with E-state index in [9.17, 15) is 4.79 Å². The highest BCUT2D eigenvalue weighted by Gasteiger charge is 2.36. The fourth-order valence-corrected chi connectivity index (χ4v) is 3.25. The number of benzene rings is 1. The Morgan fingerprint density at radius 3 is 2.58 bits per heavy atom. The normalized spacial score (nSPS) is 21.1. The van der Waals surface area contributed by atoms with E-state index in [1.165, 1.54) is 18.2 Å². The molecular weight excluding hydrogens is 441 g/mol. The lowest BCUT2D eigenvalue weighted by Crippen LogP contribution is -2.40. The maximum atomic E-state index is 11.9. The molecule has 0 aromatic heterocycles. The van der Waals surface area contributed by atoms with Gasteiger partial charge in [-0.15, -0.1) is 24.0 Å². The van der Waals surface area contributed by atoms with Crippen LogP contribution in [0.5, 0.6) is 0 Å². The predicted octanol–water partition coefficient (Wildman–Crippen LogP) is 3.42. The molecule has 26 heavy (non-hydrogen) atoms. The topological polar surface area (TPSA) is 53.9 Å². The highest BCUT2D eigenvalue weighted by molar-refractivity contribution is 14.0. The van der Waals surface area contributed by atoms with Crippen molar-refractivity contribution >= 4 is 35.9 Å². The molecule has 1 heterocycles. The molecule has 1 N–H and O–H groups in total. The third kappa shape index (κ3) is 5.86. The number of likely N-dealkylation sites (tertiary alicyclic amines) is 1. The van der Waals surface area contributed by atoms with Crippen LogP contribution in [0.15, 0.2) is 29.3 Å². The van der Waals surface area contributed by atoms with Crippen LogP contribution in [0.2, 0.25) is 0 Å². The lowest BCUT2D eigenvalue weighted by molar-refractivity contribution is -0.145. The van der Waals surface area contributed by atoms with Gasteiger partial charge in [0.15, 0.2) is 5.96 Å². The summed E-state index contributed by atoms with van der Waals surface area (Å²) in [6.07, 6.45) is 0. The number of halogens is 1. The summed E-state index contributed by atoms with van der Waals surface area (Å²) in [5.74, 6) is 1.30. The van der Waals surface area contributed by atoms with Crippen LogP contribution >= 0.6 is 24.0 Å². The summed E-state index contributed by atoms with van der Waals surface area (Å²) in [7, 11) is 1.46. The Hall–Kier alpha value is -1.31. The molecule has 3 atom stereocenters. The quantitative estimate of drug-likeness (QED) is 0.308. The Kier molecular flexibility index (Phi) is 9.39. The number of rotatable bonds is 5. The van der Waals surface area contributed by atoms with Crippen molar-refractivity contribution in [2.45, 2.75) is 33.6 Å². The molecule has 1 aromatic rings. The molecule has 1 aliphatic heterocycles. The number of aryl methyl sites for hydroxylation is 1. The lowest BCUT2D eigenvalue weighted by atomic mass is 9.99. The first-order valence-corrected chi connectivity index (χ1v) is 9.13. The highest BCUT2D eigenvalue weighted by Crippen LogP contribution is 2.24. The fraction of sp³-hybridized carbons (Fsp3) is 0.600. The van der Waals surface area contributed by atoms with Crippen LogP contribution in [-0.4, -0.2) is 50.1 Å². The monoisotopic (exact) mass is 473 g/mol. The summed E-state index contributed by atoms with van der Waals surface area (Å²) in [5.41, 5.74) is 2.57. The Morgan fingerprint density at radius 2 is 2.00 bits per heavy atom. The third-order valence-electron chi connectivity index (χ3n) is 4.91. The largest absolute Gasteiger partial charge is 0.469 e. The second kappa shape index (κ2) is 10.7. The minimum absolute atomic E-state index is 0. The molecule has 0 saturated carbocycles. The Bertz CT molecular complexity index is 604. The molecule has 0 radical (unpaired) electrons. The lowest BCUT2D eigenvalue weighted by Gasteiger charge is -2.22. The molecule has 1 fully saturated rings. The average Bonchev–Trinajstić information content (AvgIpc) is 2.99. The molecule has 146 valence electrons. The van der Waals surface area contributed by atoms with Gasteiger partial charge in [0.25, 0.3) is 0 Å². The van der Waals surface area contributed by atoms with E-state index >= 15 is 0 Å². The number of methoxy groups -OCH3 is 1. The van der Waals surface area contributed by atoms with E-state index in [-0.39, 0.29) is 41.8 Å². The van der Waals surface area contributed by atoms with Crippen molar-refractivity contribution < 1.29 is 9.53 Å². The van der Waals surface area contributed by atoms with Crippen LogP contribution in [-0.2, 0) is 9.53 Å². The van der Waals surface area contributed by atoms with Gasteiger partial charge in [-0.3, -0.25) is 9.79 Å². The summed E-state index contributed by atoms with van der Waals surface area (Å²) in [5, 5.41) is 3.36. The highest BCUT2D eigenvalue weighted by atomic mass is 127. The second-order valence-corrected chi connectivity index (χ2v) is 7.02. The van der Waals surface area contributed by atoms with E-state index in [0.29, 0.717) is 12.5 Å². The Labute approximate surface area is 174 Å². The minimum atomic E-state index is -0.126.